The summed E-state index contributed by atoms with van der Waals surface area (Å²) in [5, 5.41) is 0. The van der Waals surface area contributed by atoms with E-state index in [4.69, 9.17) is 0 Å². The van der Waals surface area contributed by atoms with Crippen LogP contribution in [0.1, 0.15) is 65.7 Å². The highest BCUT2D eigenvalue weighted by Crippen LogP contribution is 2.46. The third kappa shape index (κ3) is 1.90. The van der Waals surface area contributed by atoms with Crippen LogP contribution in [0.3, 0.4) is 0 Å². The Kier molecular flexibility index (Phi) is 3.04. The van der Waals surface area contributed by atoms with Gasteiger partial charge in [0.15, 0.2) is 0 Å². The highest BCUT2D eigenvalue weighted by molar-refractivity contribution is 6.03. The first-order valence-electron chi connectivity index (χ1n) is 6.80. The van der Waals surface area contributed by atoms with Crippen molar-refractivity contribution in [3.8, 4) is 0 Å². The summed E-state index contributed by atoms with van der Waals surface area (Å²) < 4.78 is 0. The van der Waals surface area contributed by atoms with Crippen LogP contribution in [0.5, 0.6) is 0 Å². The molecule has 1 aliphatic carbocycles. The second-order valence-electron chi connectivity index (χ2n) is 6.23. The van der Waals surface area contributed by atoms with E-state index in [-0.39, 0.29) is 17.4 Å². The largest absolute Gasteiger partial charge is 0.275 e. The number of β-lactam (4-membered cyclic amide) rings is 1. The third-order valence-corrected chi connectivity index (χ3v) is 4.65. The lowest BCUT2D eigenvalue weighted by Crippen LogP contribution is -2.68. The predicted molar refractivity (Wildman–Crippen MR) is 66.4 cm³/mol. The molecule has 3 heteroatoms. The summed E-state index contributed by atoms with van der Waals surface area (Å²) in [5.74, 6) is 0.0802. The van der Waals surface area contributed by atoms with E-state index in [2.05, 4.69) is 0 Å². The molecule has 2 fully saturated rings. The Morgan fingerprint density at radius 3 is 2.35 bits per heavy atom. The van der Waals surface area contributed by atoms with Gasteiger partial charge in [0.05, 0.1) is 12.0 Å². The molecule has 17 heavy (non-hydrogen) atoms. The first kappa shape index (κ1) is 12.6. The summed E-state index contributed by atoms with van der Waals surface area (Å²) in [5.41, 5.74) is -0.501. The van der Waals surface area contributed by atoms with E-state index in [1.165, 1.54) is 6.42 Å². The first-order chi connectivity index (χ1) is 7.93. The molecule has 0 aromatic carbocycles. The molecular formula is C14H23NO2. The van der Waals surface area contributed by atoms with Gasteiger partial charge in [0.25, 0.3) is 0 Å². The number of amides is 2. The van der Waals surface area contributed by atoms with Gasteiger partial charge < -0.3 is 0 Å². The van der Waals surface area contributed by atoms with Crippen LogP contribution in [-0.2, 0) is 9.59 Å². The second kappa shape index (κ2) is 4.11. The van der Waals surface area contributed by atoms with Crippen LogP contribution in [0.15, 0.2) is 0 Å². The molecular weight excluding hydrogens is 214 g/mol. The second-order valence-corrected chi connectivity index (χ2v) is 6.23. The molecule has 0 aromatic heterocycles. The molecule has 1 heterocycles. The maximum absolute atomic E-state index is 12.5. The molecule has 1 spiro atoms. The maximum Gasteiger partial charge on any atom is 0.235 e. The van der Waals surface area contributed by atoms with Crippen molar-refractivity contribution in [2.75, 3.05) is 0 Å². The minimum absolute atomic E-state index is 0.0400. The van der Waals surface area contributed by atoms with E-state index in [0.29, 0.717) is 6.42 Å². The van der Waals surface area contributed by atoms with Crippen LogP contribution in [0.4, 0.5) is 0 Å². The molecule has 1 saturated heterocycles. The zero-order valence-electron chi connectivity index (χ0n) is 11.2. The van der Waals surface area contributed by atoms with E-state index in [0.717, 1.165) is 32.1 Å². The van der Waals surface area contributed by atoms with Crippen molar-refractivity contribution in [1.82, 2.24) is 4.90 Å². The Labute approximate surface area is 104 Å². The predicted octanol–water partition coefficient (Wildman–Crippen LogP) is 2.88. The lowest BCUT2D eigenvalue weighted by atomic mass is 9.70. The molecule has 0 N–H and O–H groups in total. The molecule has 2 rings (SSSR count). The maximum atomic E-state index is 12.5. The topological polar surface area (TPSA) is 37.4 Å². The molecule has 0 aromatic rings. The van der Waals surface area contributed by atoms with Crippen molar-refractivity contribution in [2.45, 2.75) is 71.3 Å². The number of rotatable bonds is 2. The van der Waals surface area contributed by atoms with Crippen molar-refractivity contribution in [3.63, 3.8) is 0 Å². The van der Waals surface area contributed by atoms with Crippen molar-refractivity contribution < 1.29 is 9.59 Å². The highest BCUT2D eigenvalue weighted by Gasteiger charge is 2.55. The number of carbonyl (C=O) groups is 2. The number of imide groups is 1. The number of likely N-dealkylation sites (tertiary alicyclic amines) is 1. The lowest BCUT2D eigenvalue weighted by Gasteiger charge is -2.54. The van der Waals surface area contributed by atoms with Crippen molar-refractivity contribution in [2.24, 2.45) is 5.41 Å². The minimum Gasteiger partial charge on any atom is -0.275 e. The zero-order valence-corrected chi connectivity index (χ0v) is 11.2. The summed E-state index contributed by atoms with van der Waals surface area (Å²) in [4.78, 5) is 25.9. The van der Waals surface area contributed by atoms with E-state index in [9.17, 15) is 9.59 Å². The smallest absolute Gasteiger partial charge is 0.235 e. The molecule has 0 bridgehead atoms. The Balaban J connectivity index is 2.18. The minimum atomic E-state index is -0.402. The standard InChI is InChI=1S/C14H23NO2/c1-4-13(2,3)12(17)15-11(16)10-14(15)8-6-5-7-9-14/h4-10H2,1-3H3. The van der Waals surface area contributed by atoms with E-state index in [1.807, 2.05) is 20.8 Å². The van der Waals surface area contributed by atoms with E-state index >= 15 is 0 Å². The van der Waals surface area contributed by atoms with Crippen LogP contribution >= 0.6 is 0 Å². The molecule has 0 radical (unpaired) electrons. The average molecular weight is 237 g/mol. The fourth-order valence-electron chi connectivity index (χ4n) is 3.01. The number of hydrogen-bond acceptors (Lipinski definition) is 2. The molecule has 96 valence electrons. The molecule has 1 aliphatic heterocycles. The lowest BCUT2D eigenvalue weighted by molar-refractivity contribution is -0.176. The molecule has 2 amide bonds. The van der Waals surface area contributed by atoms with Crippen molar-refractivity contribution >= 4 is 11.8 Å². The van der Waals surface area contributed by atoms with Crippen molar-refractivity contribution in [3.05, 3.63) is 0 Å². The van der Waals surface area contributed by atoms with Gasteiger partial charge in [-0.05, 0) is 19.3 Å². The van der Waals surface area contributed by atoms with Gasteiger partial charge in [-0.25, -0.2) is 0 Å². The monoisotopic (exact) mass is 237 g/mol. The summed E-state index contributed by atoms with van der Waals surface area (Å²) >= 11 is 0. The summed E-state index contributed by atoms with van der Waals surface area (Å²) in [6, 6.07) is 0. The molecule has 1 saturated carbocycles. The van der Waals surface area contributed by atoms with Crippen LogP contribution in [-0.4, -0.2) is 22.3 Å². The fraction of sp³-hybridized carbons (Fsp3) is 0.857. The van der Waals surface area contributed by atoms with Gasteiger partial charge >= 0.3 is 0 Å². The van der Waals surface area contributed by atoms with Crippen LogP contribution in [0, 0.1) is 5.41 Å². The van der Waals surface area contributed by atoms with Gasteiger partial charge in [-0.2, -0.15) is 0 Å². The number of carbonyl (C=O) groups excluding carboxylic acids is 2. The SMILES string of the molecule is CCC(C)(C)C(=O)N1C(=O)CC12CCCCC2. The van der Waals surface area contributed by atoms with Gasteiger partial charge in [0.1, 0.15) is 0 Å². The van der Waals surface area contributed by atoms with E-state index in [1.54, 1.807) is 4.90 Å². The Morgan fingerprint density at radius 2 is 1.88 bits per heavy atom. The van der Waals surface area contributed by atoms with Gasteiger partial charge in [-0.1, -0.05) is 40.0 Å². The van der Waals surface area contributed by atoms with Crippen LogP contribution in [0.2, 0.25) is 0 Å². The van der Waals surface area contributed by atoms with Gasteiger partial charge in [-0.15, -0.1) is 0 Å². The Bertz CT molecular complexity index is 340. The van der Waals surface area contributed by atoms with E-state index < -0.39 is 5.41 Å². The fourth-order valence-corrected chi connectivity index (χ4v) is 3.01. The quantitative estimate of drug-likeness (QED) is 0.692. The van der Waals surface area contributed by atoms with Gasteiger partial charge in [0.2, 0.25) is 11.8 Å². The Hall–Kier alpha value is -0.860. The van der Waals surface area contributed by atoms with Crippen molar-refractivity contribution in [1.29, 1.82) is 0 Å². The Morgan fingerprint density at radius 1 is 1.29 bits per heavy atom. The van der Waals surface area contributed by atoms with Gasteiger partial charge in [0, 0.05) is 5.41 Å². The highest BCUT2D eigenvalue weighted by atomic mass is 16.2. The normalized spacial score (nSPS) is 23.7. The first-order valence-corrected chi connectivity index (χ1v) is 6.80. The summed E-state index contributed by atoms with van der Waals surface area (Å²) in [6.07, 6.45) is 6.97. The molecule has 2 aliphatic rings. The molecule has 3 nitrogen and oxygen atoms in total. The summed E-state index contributed by atoms with van der Waals surface area (Å²) in [7, 11) is 0. The van der Waals surface area contributed by atoms with Crippen LogP contribution < -0.4 is 0 Å². The average Bonchev–Trinajstić information content (AvgIpc) is 2.29. The zero-order chi connectivity index (χ0) is 12.7. The number of nitrogens with zero attached hydrogens (tertiary/aromatic N) is 1. The van der Waals surface area contributed by atoms with Crippen LogP contribution in [0.25, 0.3) is 0 Å². The van der Waals surface area contributed by atoms with Gasteiger partial charge in [-0.3, -0.25) is 14.5 Å². The molecule has 0 unspecified atom stereocenters. The third-order valence-electron chi connectivity index (χ3n) is 4.65. The number of hydrogen-bond donors (Lipinski definition) is 0. The summed E-state index contributed by atoms with van der Waals surface area (Å²) in [6.45, 7) is 5.89. The molecule has 0 atom stereocenters.